The van der Waals surface area contributed by atoms with Crippen molar-refractivity contribution in [3.8, 4) is 5.75 Å². The third kappa shape index (κ3) is 5.59. The van der Waals surface area contributed by atoms with Gasteiger partial charge in [0.15, 0.2) is 11.2 Å². The fraction of sp³-hybridized carbons (Fsp3) is 0.579. The first-order valence-electron chi connectivity index (χ1n) is 8.97. The number of amides is 1. The van der Waals surface area contributed by atoms with Crippen LogP contribution in [-0.4, -0.2) is 23.2 Å². The minimum atomic E-state index is -0.621. The van der Waals surface area contributed by atoms with E-state index in [0.29, 0.717) is 17.1 Å². The largest absolute Gasteiger partial charge is 0.481 e. The number of benzene rings is 1. The Balaban J connectivity index is 1.78. The molecule has 5 nitrogen and oxygen atoms in total. The summed E-state index contributed by atoms with van der Waals surface area (Å²) in [5, 5.41) is 3.74. The lowest BCUT2D eigenvalue weighted by Gasteiger charge is -2.30. The molecule has 1 amide bonds. The first kappa shape index (κ1) is 19.5. The van der Waals surface area contributed by atoms with Crippen LogP contribution in [0.1, 0.15) is 50.7 Å². The van der Waals surface area contributed by atoms with Gasteiger partial charge in [0.25, 0.3) is 5.91 Å². The molecule has 0 unspecified atom stereocenters. The van der Waals surface area contributed by atoms with Crippen molar-refractivity contribution in [2.45, 2.75) is 65.5 Å². The molecule has 0 aliphatic heterocycles. The van der Waals surface area contributed by atoms with Gasteiger partial charge in [-0.05, 0) is 68.9 Å². The van der Waals surface area contributed by atoms with E-state index in [1.165, 1.54) is 19.3 Å². The summed E-state index contributed by atoms with van der Waals surface area (Å²) in [6.45, 7) is 7.96. The second-order valence-electron chi connectivity index (χ2n) is 6.91. The Morgan fingerprint density at radius 3 is 2.68 bits per heavy atom. The molecule has 1 aliphatic rings. The molecule has 1 saturated carbocycles. The van der Waals surface area contributed by atoms with Crippen molar-refractivity contribution in [3.63, 3.8) is 0 Å². The normalized spacial score (nSPS) is 21.1. The van der Waals surface area contributed by atoms with Crippen molar-refractivity contribution in [1.29, 1.82) is 0 Å². The zero-order valence-electron chi connectivity index (χ0n) is 15.5. The lowest BCUT2D eigenvalue weighted by molar-refractivity contribution is -0.127. The molecule has 0 aromatic heterocycles. The smallest absolute Gasteiger partial charge is 0.279 e. The zero-order chi connectivity index (χ0) is 18.4. The van der Waals surface area contributed by atoms with Crippen LogP contribution in [0.25, 0.3) is 0 Å². The molecule has 0 radical (unpaired) electrons. The first-order chi connectivity index (χ1) is 11.9. The van der Waals surface area contributed by atoms with E-state index in [1.807, 2.05) is 32.0 Å². The summed E-state index contributed by atoms with van der Waals surface area (Å²) < 4.78 is 5.77. The molecule has 1 aromatic carbocycles. The van der Waals surface area contributed by atoms with Gasteiger partial charge in [0.2, 0.25) is 0 Å². The molecule has 1 fully saturated rings. The Labute approximate surface area is 155 Å². The van der Waals surface area contributed by atoms with Gasteiger partial charge in [0.1, 0.15) is 5.75 Å². The second-order valence-corrected chi connectivity index (χ2v) is 7.32. The maximum Gasteiger partial charge on any atom is 0.279 e. The predicted octanol–water partition coefficient (Wildman–Crippen LogP) is 3.14. The number of hydrogen-bond acceptors (Lipinski definition) is 3. The van der Waals surface area contributed by atoms with Crippen LogP contribution in [0.5, 0.6) is 5.75 Å². The highest BCUT2D eigenvalue weighted by Gasteiger charge is 2.22. The average molecular weight is 364 g/mol. The molecule has 3 N–H and O–H groups in total. The van der Waals surface area contributed by atoms with Gasteiger partial charge in [-0.1, -0.05) is 31.9 Å². The van der Waals surface area contributed by atoms with Crippen molar-refractivity contribution in [1.82, 2.24) is 16.2 Å². The topological polar surface area (TPSA) is 62.4 Å². The van der Waals surface area contributed by atoms with Crippen LogP contribution in [-0.2, 0) is 4.79 Å². The van der Waals surface area contributed by atoms with Gasteiger partial charge in [0, 0.05) is 6.04 Å². The maximum absolute atomic E-state index is 12.2. The van der Waals surface area contributed by atoms with Gasteiger partial charge in [-0.15, -0.1) is 0 Å². The summed E-state index contributed by atoms with van der Waals surface area (Å²) in [6, 6.07) is 6.18. The number of carbonyl (C=O) groups is 1. The third-order valence-corrected chi connectivity index (χ3v) is 5.18. The molecule has 138 valence electrons. The average Bonchev–Trinajstić information content (AvgIpc) is 2.58. The molecule has 0 bridgehead atoms. The number of hydrogen-bond donors (Lipinski definition) is 3. The van der Waals surface area contributed by atoms with Gasteiger partial charge < -0.3 is 10.1 Å². The van der Waals surface area contributed by atoms with Gasteiger partial charge in [-0.2, -0.15) is 0 Å². The van der Waals surface area contributed by atoms with Crippen LogP contribution < -0.4 is 20.9 Å². The van der Waals surface area contributed by atoms with Crippen LogP contribution in [0.4, 0.5) is 0 Å². The fourth-order valence-electron chi connectivity index (χ4n) is 3.05. The van der Waals surface area contributed by atoms with E-state index in [9.17, 15) is 4.79 Å². The Kier molecular flexibility index (Phi) is 7.05. The van der Waals surface area contributed by atoms with Crippen LogP contribution in [0.2, 0.25) is 0 Å². The third-order valence-electron chi connectivity index (χ3n) is 4.96. The summed E-state index contributed by atoms with van der Waals surface area (Å²) in [6.07, 6.45) is 4.21. The van der Waals surface area contributed by atoms with E-state index >= 15 is 0 Å². The van der Waals surface area contributed by atoms with E-state index in [4.69, 9.17) is 17.0 Å². The van der Waals surface area contributed by atoms with Crippen LogP contribution >= 0.6 is 12.2 Å². The molecular formula is C19H29N3O2S. The zero-order valence-corrected chi connectivity index (χ0v) is 16.3. The van der Waals surface area contributed by atoms with E-state index in [1.54, 1.807) is 6.92 Å². The van der Waals surface area contributed by atoms with Crippen molar-refractivity contribution >= 4 is 23.2 Å². The Hall–Kier alpha value is -1.82. The van der Waals surface area contributed by atoms with Crippen LogP contribution in [0.3, 0.4) is 0 Å². The summed E-state index contributed by atoms with van der Waals surface area (Å²) in [5.41, 5.74) is 7.58. The SMILES string of the molecule is Cc1cccc(O[C@H](C)C(=O)NNC(=S)N[C@H]2CCCC[C@@H]2C)c1C. The standard InChI is InChI=1S/C19H29N3O2S/c1-12-9-7-11-17(14(12)3)24-15(4)18(23)21-22-19(25)20-16-10-6-5-8-13(16)2/h7,9,11,13,15-16H,5-6,8,10H2,1-4H3,(H,21,23)(H2,20,22,25)/t13-,15+,16-/m0/s1. The minimum absolute atomic E-state index is 0.262. The number of carbonyl (C=O) groups excluding carboxylic acids is 1. The summed E-state index contributed by atoms with van der Waals surface area (Å²) in [4.78, 5) is 12.2. The molecule has 0 spiro atoms. The molecular weight excluding hydrogens is 334 g/mol. The summed E-state index contributed by atoms with van der Waals surface area (Å²) in [7, 11) is 0. The number of rotatable bonds is 4. The van der Waals surface area contributed by atoms with Crippen molar-refractivity contribution in [2.75, 3.05) is 0 Å². The molecule has 6 heteroatoms. The number of hydrazine groups is 1. The number of nitrogens with one attached hydrogen (secondary N) is 3. The highest BCUT2D eigenvalue weighted by Crippen LogP contribution is 2.23. The predicted molar refractivity (Wildman–Crippen MR) is 104 cm³/mol. The molecule has 2 rings (SSSR count). The van der Waals surface area contributed by atoms with Crippen LogP contribution in [0, 0.1) is 19.8 Å². The second kappa shape index (κ2) is 9.04. The monoisotopic (exact) mass is 363 g/mol. The van der Waals surface area contributed by atoms with E-state index in [-0.39, 0.29) is 5.91 Å². The van der Waals surface area contributed by atoms with Crippen molar-refractivity contribution < 1.29 is 9.53 Å². The molecule has 1 aromatic rings. The molecule has 0 heterocycles. The van der Waals surface area contributed by atoms with Gasteiger partial charge in [-0.3, -0.25) is 15.6 Å². The molecule has 1 aliphatic carbocycles. The summed E-state index contributed by atoms with van der Waals surface area (Å²) >= 11 is 5.28. The van der Waals surface area contributed by atoms with Gasteiger partial charge >= 0.3 is 0 Å². The highest BCUT2D eigenvalue weighted by atomic mass is 32.1. The lowest BCUT2D eigenvalue weighted by Crippen LogP contribution is -2.53. The maximum atomic E-state index is 12.2. The number of ether oxygens (including phenoxy) is 1. The van der Waals surface area contributed by atoms with E-state index < -0.39 is 6.10 Å². The lowest BCUT2D eigenvalue weighted by atomic mass is 9.86. The number of aryl methyl sites for hydroxylation is 1. The van der Waals surface area contributed by atoms with Crippen molar-refractivity contribution in [3.05, 3.63) is 29.3 Å². The van der Waals surface area contributed by atoms with Gasteiger partial charge in [-0.25, -0.2) is 0 Å². The molecule has 0 saturated heterocycles. The van der Waals surface area contributed by atoms with Crippen molar-refractivity contribution in [2.24, 2.45) is 5.92 Å². The van der Waals surface area contributed by atoms with E-state index in [0.717, 1.165) is 23.3 Å². The Morgan fingerprint density at radius 2 is 1.96 bits per heavy atom. The minimum Gasteiger partial charge on any atom is -0.481 e. The van der Waals surface area contributed by atoms with E-state index in [2.05, 4.69) is 23.1 Å². The molecule has 25 heavy (non-hydrogen) atoms. The Bertz CT molecular complexity index is 621. The quantitative estimate of drug-likeness (QED) is 0.567. The molecule has 3 atom stereocenters. The first-order valence-corrected chi connectivity index (χ1v) is 9.38. The highest BCUT2D eigenvalue weighted by molar-refractivity contribution is 7.80. The fourth-order valence-corrected chi connectivity index (χ4v) is 3.25. The van der Waals surface area contributed by atoms with Gasteiger partial charge in [0.05, 0.1) is 0 Å². The Morgan fingerprint density at radius 1 is 1.24 bits per heavy atom. The summed E-state index contributed by atoms with van der Waals surface area (Å²) in [5.74, 6) is 1.05. The van der Waals surface area contributed by atoms with Crippen LogP contribution in [0.15, 0.2) is 18.2 Å². The number of thiocarbonyl (C=S) groups is 1.